The van der Waals surface area contributed by atoms with Gasteiger partial charge in [-0.1, -0.05) is 355 Å². The molecular formula is C123H85N11. The molecule has 0 spiro atoms. The fraction of sp³-hybridized carbons (Fsp3) is 0.0488. The number of hydrogen-bond donors (Lipinski definition) is 0. The fourth-order valence-corrected chi connectivity index (χ4v) is 21.0. The largest absolute Gasteiger partial charge is 0.309 e. The van der Waals surface area contributed by atoms with E-state index in [-0.39, 0.29) is 10.8 Å². The number of fused-ring (bicyclic) bond motifs is 19. The first-order valence-corrected chi connectivity index (χ1v) is 45.7. The molecule has 11 heteroatoms. The maximum atomic E-state index is 5.22. The van der Waals surface area contributed by atoms with E-state index < -0.39 is 0 Å². The molecule has 0 bridgehead atoms. The van der Waals surface area contributed by atoms with Crippen LogP contribution in [0.4, 0.5) is 0 Å². The van der Waals surface area contributed by atoms with Crippen molar-refractivity contribution in [3.8, 4) is 124 Å². The average molecular weight is 1720 g/mol. The predicted octanol–water partition coefficient (Wildman–Crippen LogP) is 30.6. The SMILES string of the molecule is CC1(C)c2ccccc2-c2cc(-c3ccc4c(c3)c3ccccc3n4-c3nc(-c4ccccc4)c4ccccc4n3)ccc21.CC1(C)c2ccccc2-c2cc(-c3ccc4c(c3)c3ccccc3n4-c3ncc(-c4ccccc4)cn3)ccc21.c1ccc(-c2nc(-c3ccccc3)nc(-n3c4ccccc4c4cc(-c5ccc6c(c5)c5ccccc5n6-c5ccccc5)ccc43)n2)cc1. The molecule has 0 atom stereocenters. The summed E-state index contributed by atoms with van der Waals surface area (Å²) in [6, 6.07) is 153. The Morgan fingerprint density at radius 1 is 0.187 bits per heavy atom. The second-order valence-electron chi connectivity index (χ2n) is 35.9. The van der Waals surface area contributed by atoms with Crippen LogP contribution in [0.2, 0.25) is 0 Å². The molecule has 25 aromatic rings. The minimum atomic E-state index is 0.000290. The van der Waals surface area contributed by atoms with Crippen molar-refractivity contribution >= 4 is 98.1 Å². The Labute approximate surface area is 774 Å². The summed E-state index contributed by atoms with van der Waals surface area (Å²) in [5, 5.41) is 10.6. The first-order valence-electron chi connectivity index (χ1n) is 45.7. The topological polar surface area (TPSA) is 110 Å². The van der Waals surface area contributed by atoms with Gasteiger partial charge in [0.15, 0.2) is 11.6 Å². The monoisotopic (exact) mass is 1720 g/mol. The van der Waals surface area contributed by atoms with Crippen LogP contribution in [0.25, 0.3) is 222 Å². The molecule has 2 aliphatic carbocycles. The number of para-hydroxylation sites is 6. The highest BCUT2D eigenvalue weighted by Gasteiger charge is 2.37. The average Bonchev–Trinajstić information content (AvgIpc) is 1.58. The van der Waals surface area contributed by atoms with E-state index in [4.69, 9.17) is 34.9 Å². The summed E-state index contributed by atoms with van der Waals surface area (Å²) in [5.74, 6) is 3.22. The number of aromatic nitrogens is 11. The molecule has 0 amide bonds. The van der Waals surface area contributed by atoms with E-state index >= 15 is 0 Å². The number of nitrogens with zero attached hydrogens (tertiary/aromatic N) is 11. The van der Waals surface area contributed by atoms with E-state index in [0.717, 1.165) is 99.5 Å². The maximum absolute atomic E-state index is 5.22. The summed E-state index contributed by atoms with van der Waals surface area (Å²) in [5.41, 5.74) is 35.2. The van der Waals surface area contributed by atoms with Crippen molar-refractivity contribution in [1.29, 1.82) is 0 Å². The summed E-state index contributed by atoms with van der Waals surface area (Å²) < 4.78 is 8.92. The van der Waals surface area contributed by atoms with Crippen molar-refractivity contribution in [3.63, 3.8) is 0 Å². The lowest BCUT2D eigenvalue weighted by atomic mass is 9.82. The number of benzene rings is 18. The molecule has 11 nitrogen and oxygen atoms in total. The summed E-state index contributed by atoms with van der Waals surface area (Å²) >= 11 is 0. The van der Waals surface area contributed by atoms with Crippen molar-refractivity contribution in [3.05, 3.63) is 465 Å². The standard InChI is InChI=1S/C45H29N5.C41H29N3.C37H27N3/c1-4-14-30(15-5-1)43-46-44(31-16-6-2-7-17-31)48-45(47-43)50-40-23-13-11-21-36(40)38-29-33(25-27-42(38)50)32-24-26-41-37(28-32)35-20-10-12-22-39(35)49(41)34-18-8-3-9-19-34;1-41(2)34-17-9-6-14-29(34)32-24-27(20-22-35(32)41)28-21-23-38-33(25-28)30-15-8-11-19-37(30)44(38)40-42-36-18-10-7-16-31(36)39(43-40)26-12-4-3-5-13-26;1-37(2)32-14-8-6-12-28(32)30-20-25(16-18-33(30)37)26-17-19-35-31(21-26)29-13-7-9-15-34(29)40(35)36-38-22-27(23-39-36)24-10-4-3-5-11-24/h1-29H;3-25H,1-2H3;3-23H,1-2H3. The molecule has 7 aromatic heterocycles. The van der Waals surface area contributed by atoms with Crippen LogP contribution in [0.1, 0.15) is 49.9 Å². The first-order chi connectivity index (χ1) is 66.0. The van der Waals surface area contributed by atoms with E-state index in [1.807, 2.05) is 103 Å². The van der Waals surface area contributed by atoms with Gasteiger partial charge >= 0.3 is 0 Å². The molecule has 0 N–H and O–H groups in total. The van der Waals surface area contributed by atoms with Crippen molar-refractivity contribution in [2.45, 2.75) is 38.5 Å². The van der Waals surface area contributed by atoms with Gasteiger partial charge in [-0.15, -0.1) is 0 Å². The maximum Gasteiger partial charge on any atom is 0.238 e. The molecule has 0 unspecified atom stereocenters. The van der Waals surface area contributed by atoms with E-state index in [1.165, 1.54) is 116 Å². The summed E-state index contributed by atoms with van der Waals surface area (Å²) in [4.78, 5) is 35.0. The third kappa shape index (κ3) is 13.1. The molecule has 632 valence electrons. The van der Waals surface area contributed by atoms with Gasteiger partial charge in [-0.05, 0) is 187 Å². The molecule has 18 aromatic carbocycles. The summed E-state index contributed by atoms with van der Waals surface area (Å²) in [6.07, 6.45) is 3.83. The number of rotatable bonds is 11. The second kappa shape index (κ2) is 31.8. The fourth-order valence-electron chi connectivity index (χ4n) is 21.0. The highest BCUT2D eigenvalue weighted by molar-refractivity contribution is 6.15. The molecule has 7 heterocycles. The summed E-state index contributed by atoms with van der Waals surface area (Å²) in [7, 11) is 0. The second-order valence-corrected chi connectivity index (χ2v) is 35.9. The Kier molecular flexibility index (Phi) is 18.7. The van der Waals surface area contributed by atoms with Gasteiger partial charge in [0.1, 0.15) is 0 Å². The molecule has 0 aliphatic heterocycles. The molecule has 2 aliphatic rings. The van der Waals surface area contributed by atoms with Crippen LogP contribution in [0.5, 0.6) is 0 Å². The van der Waals surface area contributed by atoms with Crippen molar-refractivity contribution < 1.29 is 0 Å². The Hall–Kier alpha value is -17.4. The van der Waals surface area contributed by atoms with Gasteiger partial charge in [0.2, 0.25) is 17.8 Å². The lowest BCUT2D eigenvalue weighted by molar-refractivity contribution is 0.660. The molecule has 27 rings (SSSR count). The van der Waals surface area contributed by atoms with Crippen LogP contribution >= 0.6 is 0 Å². The third-order valence-corrected chi connectivity index (χ3v) is 27.5. The van der Waals surface area contributed by atoms with Crippen LogP contribution in [-0.4, -0.2) is 53.2 Å². The Balaban J connectivity index is 0.000000108. The van der Waals surface area contributed by atoms with Crippen LogP contribution in [0.3, 0.4) is 0 Å². The van der Waals surface area contributed by atoms with Gasteiger partial charge in [-0.2, -0.15) is 9.97 Å². The minimum absolute atomic E-state index is 0.000290. The van der Waals surface area contributed by atoms with Gasteiger partial charge in [0.05, 0.1) is 55.3 Å². The molecule has 0 saturated heterocycles. The Bertz CT molecular complexity index is 8920. The van der Waals surface area contributed by atoms with Crippen LogP contribution in [0, 0.1) is 0 Å². The highest BCUT2D eigenvalue weighted by atomic mass is 15.2. The van der Waals surface area contributed by atoms with Gasteiger partial charge < -0.3 is 4.57 Å². The van der Waals surface area contributed by atoms with Gasteiger partial charge in [0, 0.05) is 99.6 Å². The predicted molar refractivity (Wildman–Crippen MR) is 552 cm³/mol. The minimum Gasteiger partial charge on any atom is -0.309 e. The first kappa shape index (κ1) is 78.8. The van der Waals surface area contributed by atoms with Gasteiger partial charge in [-0.3, -0.25) is 13.7 Å². The molecular weight excluding hydrogens is 1630 g/mol. The normalized spacial score (nSPS) is 12.7. The zero-order valence-electron chi connectivity index (χ0n) is 74.1. The van der Waals surface area contributed by atoms with Crippen LogP contribution in [-0.2, 0) is 10.8 Å². The summed E-state index contributed by atoms with van der Waals surface area (Å²) in [6.45, 7) is 9.31. The van der Waals surface area contributed by atoms with Gasteiger partial charge in [0.25, 0.3) is 0 Å². The van der Waals surface area contributed by atoms with Crippen LogP contribution < -0.4 is 0 Å². The molecule has 0 radical (unpaired) electrons. The highest BCUT2D eigenvalue weighted by Crippen LogP contribution is 2.53. The Morgan fingerprint density at radius 2 is 0.493 bits per heavy atom. The van der Waals surface area contributed by atoms with Crippen molar-refractivity contribution in [1.82, 2.24) is 53.2 Å². The molecule has 0 fully saturated rings. The van der Waals surface area contributed by atoms with Crippen molar-refractivity contribution in [2.75, 3.05) is 0 Å². The van der Waals surface area contributed by atoms with E-state index in [2.05, 4.69) is 386 Å². The smallest absolute Gasteiger partial charge is 0.238 e. The lowest BCUT2D eigenvalue weighted by Gasteiger charge is -2.21. The third-order valence-electron chi connectivity index (χ3n) is 27.5. The number of hydrogen-bond acceptors (Lipinski definition) is 7. The van der Waals surface area contributed by atoms with Crippen molar-refractivity contribution in [2.24, 2.45) is 0 Å². The Morgan fingerprint density at radius 3 is 0.925 bits per heavy atom. The van der Waals surface area contributed by atoms with E-state index in [0.29, 0.717) is 29.5 Å². The molecule has 134 heavy (non-hydrogen) atoms. The lowest BCUT2D eigenvalue weighted by Crippen LogP contribution is -2.14. The molecule has 0 saturated carbocycles. The van der Waals surface area contributed by atoms with Crippen LogP contribution in [0.15, 0.2) is 443 Å². The quantitative estimate of drug-likeness (QED) is 0.127. The zero-order valence-corrected chi connectivity index (χ0v) is 74.1. The van der Waals surface area contributed by atoms with Gasteiger partial charge in [-0.25, -0.2) is 24.9 Å². The van der Waals surface area contributed by atoms with E-state index in [9.17, 15) is 0 Å². The van der Waals surface area contributed by atoms with E-state index in [1.54, 1.807) is 0 Å². The zero-order chi connectivity index (χ0) is 89.3.